The molecule has 0 heterocycles. The number of hydrogen-bond acceptors (Lipinski definition) is 6. The highest BCUT2D eigenvalue weighted by atomic mass is 16.6. The van der Waals surface area contributed by atoms with Crippen LogP contribution in [0.5, 0.6) is 0 Å². The Kier molecular flexibility index (Phi) is 42.0. The molecule has 0 amide bonds. The Morgan fingerprint density at radius 1 is 0.382 bits per heavy atom. The van der Waals surface area contributed by atoms with Gasteiger partial charge in [-0.2, -0.15) is 0 Å². The van der Waals surface area contributed by atoms with Gasteiger partial charge in [0.15, 0.2) is 6.10 Å². The van der Waals surface area contributed by atoms with Crippen molar-refractivity contribution in [2.24, 2.45) is 0 Å². The zero-order chi connectivity index (χ0) is 40.1. The Balaban J connectivity index is 4.28. The van der Waals surface area contributed by atoms with Crippen LogP contribution in [0.2, 0.25) is 0 Å². The second kappa shape index (κ2) is 44.1. The summed E-state index contributed by atoms with van der Waals surface area (Å²) >= 11 is 0. The van der Waals surface area contributed by atoms with E-state index in [2.05, 4.69) is 57.2 Å². The van der Waals surface area contributed by atoms with Crippen molar-refractivity contribution in [3.63, 3.8) is 0 Å². The molecule has 0 fully saturated rings. The van der Waals surface area contributed by atoms with Gasteiger partial charge in [0, 0.05) is 19.3 Å². The predicted octanol–water partition coefficient (Wildman–Crippen LogP) is 14.8. The van der Waals surface area contributed by atoms with E-state index in [-0.39, 0.29) is 37.5 Å². The second-order valence-corrected chi connectivity index (χ2v) is 15.3. The number of hydrogen-bond donors (Lipinski definition) is 0. The van der Waals surface area contributed by atoms with Crippen LogP contribution in [-0.2, 0) is 28.6 Å². The van der Waals surface area contributed by atoms with Crippen molar-refractivity contribution in [1.29, 1.82) is 0 Å². The largest absolute Gasteiger partial charge is 0.462 e. The number of unbranched alkanes of at least 4 members (excludes halogenated alkanes) is 22. The Morgan fingerprint density at radius 3 is 1.07 bits per heavy atom. The maximum Gasteiger partial charge on any atom is 0.306 e. The van der Waals surface area contributed by atoms with Crippen molar-refractivity contribution in [2.45, 2.75) is 232 Å². The number of rotatable bonds is 41. The molecule has 0 bridgehead atoms. The molecule has 0 aliphatic carbocycles. The molecule has 0 aliphatic heterocycles. The number of allylic oxidation sites excluding steroid dienone is 8. The minimum absolute atomic E-state index is 0.0993. The molecular formula is C49H86O6. The third-order valence-electron chi connectivity index (χ3n) is 9.86. The van der Waals surface area contributed by atoms with Crippen LogP contribution in [0.25, 0.3) is 0 Å². The van der Waals surface area contributed by atoms with E-state index in [0.29, 0.717) is 19.3 Å². The third-order valence-corrected chi connectivity index (χ3v) is 9.86. The van der Waals surface area contributed by atoms with E-state index in [1.807, 2.05) is 12.2 Å². The van der Waals surface area contributed by atoms with Gasteiger partial charge in [-0.05, 0) is 44.9 Å². The number of carbonyl (C=O) groups excluding carboxylic acids is 3. The normalized spacial score (nSPS) is 12.4. The molecule has 318 valence electrons. The van der Waals surface area contributed by atoms with Crippen LogP contribution in [-0.4, -0.2) is 37.2 Å². The van der Waals surface area contributed by atoms with E-state index in [1.54, 1.807) is 0 Å². The fraction of sp³-hybridized carbons (Fsp3) is 0.776. The summed E-state index contributed by atoms with van der Waals surface area (Å²) in [6, 6.07) is 0. The van der Waals surface area contributed by atoms with Crippen LogP contribution in [0, 0.1) is 0 Å². The lowest BCUT2D eigenvalue weighted by Crippen LogP contribution is -2.30. The van der Waals surface area contributed by atoms with Crippen LogP contribution in [0.4, 0.5) is 0 Å². The predicted molar refractivity (Wildman–Crippen MR) is 233 cm³/mol. The third kappa shape index (κ3) is 42.4. The van der Waals surface area contributed by atoms with Gasteiger partial charge in [-0.1, -0.05) is 211 Å². The Morgan fingerprint density at radius 2 is 0.709 bits per heavy atom. The molecule has 0 aromatic heterocycles. The Bertz CT molecular complexity index is 980. The van der Waals surface area contributed by atoms with E-state index >= 15 is 0 Å². The van der Waals surface area contributed by atoms with Crippen molar-refractivity contribution in [1.82, 2.24) is 0 Å². The van der Waals surface area contributed by atoms with Gasteiger partial charge in [-0.3, -0.25) is 14.4 Å². The maximum atomic E-state index is 12.6. The van der Waals surface area contributed by atoms with Crippen molar-refractivity contribution in [3.05, 3.63) is 48.6 Å². The summed E-state index contributed by atoms with van der Waals surface area (Å²) in [4.78, 5) is 37.5. The van der Waals surface area contributed by atoms with E-state index in [1.165, 1.54) is 116 Å². The number of carbonyl (C=O) groups is 3. The molecule has 0 aliphatic rings. The van der Waals surface area contributed by atoms with Gasteiger partial charge in [0.25, 0.3) is 0 Å². The quantitative estimate of drug-likeness (QED) is 0.0267. The summed E-state index contributed by atoms with van der Waals surface area (Å²) in [5.74, 6) is -0.990. The highest BCUT2D eigenvalue weighted by Gasteiger charge is 2.19. The number of ether oxygens (including phenoxy) is 3. The summed E-state index contributed by atoms with van der Waals surface area (Å²) in [5.41, 5.74) is 0. The average molecular weight is 771 g/mol. The molecule has 0 saturated heterocycles. The first-order valence-electron chi connectivity index (χ1n) is 23.1. The van der Waals surface area contributed by atoms with Gasteiger partial charge >= 0.3 is 17.9 Å². The summed E-state index contributed by atoms with van der Waals surface area (Å²) < 4.78 is 16.6. The summed E-state index contributed by atoms with van der Waals surface area (Å²) in [7, 11) is 0. The van der Waals surface area contributed by atoms with Gasteiger partial charge < -0.3 is 14.2 Å². The van der Waals surface area contributed by atoms with Crippen LogP contribution < -0.4 is 0 Å². The second-order valence-electron chi connectivity index (χ2n) is 15.3. The minimum atomic E-state index is -0.803. The van der Waals surface area contributed by atoms with Crippen molar-refractivity contribution in [3.8, 4) is 0 Å². The molecule has 0 radical (unpaired) electrons. The zero-order valence-corrected chi connectivity index (χ0v) is 36.2. The SMILES string of the molecule is CC/C=C\C/C=C\C/C=C\C/C=C\CCC(=O)OC(COC(=O)CCCCCCCC)COC(=O)CCCCCCCCCCCCCCCCCCCC. The van der Waals surface area contributed by atoms with E-state index in [4.69, 9.17) is 14.2 Å². The Hall–Kier alpha value is -2.63. The molecule has 6 heteroatoms. The highest BCUT2D eigenvalue weighted by Crippen LogP contribution is 2.15. The lowest BCUT2D eigenvalue weighted by molar-refractivity contribution is -0.166. The van der Waals surface area contributed by atoms with Gasteiger partial charge in [0.05, 0.1) is 0 Å². The molecule has 0 spiro atoms. The molecule has 1 unspecified atom stereocenters. The molecule has 0 N–H and O–H groups in total. The average Bonchev–Trinajstić information content (AvgIpc) is 3.18. The highest BCUT2D eigenvalue weighted by molar-refractivity contribution is 5.71. The summed E-state index contributed by atoms with van der Waals surface area (Å²) in [6.07, 6.45) is 51.4. The zero-order valence-electron chi connectivity index (χ0n) is 36.2. The number of esters is 3. The van der Waals surface area contributed by atoms with Crippen LogP contribution in [0.15, 0.2) is 48.6 Å². The van der Waals surface area contributed by atoms with Crippen molar-refractivity contribution >= 4 is 17.9 Å². The van der Waals surface area contributed by atoms with Gasteiger partial charge in [-0.25, -0.2) is 0 Å². The lowest BCUT2D eigenvalue weighted by atomic mass is 10.0. The summed E-state index contributed by atoms with van der Waals surface area (Å²) in [6.45, 7) is 6.40. The van der Waals surface area contributed by atoms with E-state index in [9.17, 15) is 14.4 Å². The first kappa shape index (κ1) is 52.4. The first-order valence-corrected chi connectivity index (χ1v) is 23.1. The van der Waals surface area contributed by atoms with Crippen LogP contribution in [0.1, 0.15) is 226 Å². The smallest absolute Gasteiger partial charge is 0.306 e. The molecule has 6 nitrogen and oxygen atoms in total. The fourth-order valence-corrected chi connectivity index (χ4v) is 6.40. The molecule has 0 rings (SSSR count). The maximum absolute atomic E-state index is 12.6. The van der Waals surface area contributed by atoms with Gasteiger partial charge in [0.2, 0.25) is 0 Å². The van der Waals surface area contributed by atoms with Crippen molar-refractivity contribution < 1.29 is 28.6 Å². The minimum Gasteiger partial charge on any atom is -0.462 e. The monoisotopic (exact) mass is 771 g/mol. The molecule has 55 heavy (non-hydrogen) atoms. The van der Waals surface area contributed by atoms with Gasteiger partial charge in [-0.15, -0.1) is 0 Å². The molecular weight excluding hydrogens is 685 g/mol. The van der Waals surface area contributed by atoms with Crippen LogP contribution >= 0.6 is 0 Å². The van der Waals surface area contributed by atoms with Crippen molar-refractivity contribution in [2.75, 3.05) is 13.2 Å². The molecule has 0 aromatic carbocycles. The molecule has 0 saturated carbocycles. The van der Waals surface area contributed by atoms with E-state index < -0.39 is 6.10 Å². The molecule has 1 atom stereocenters. The standard InChI is InChI=1S/C49H86O6/c1-4-7-10-13-16-18-20-22-23-24-25-26-28-29-31-33-36-39-42-48(51)54-45-46(44-53-47(50)41-38-35-15-12-9-6-3)55-49(52)43-40-37-34-32-30-27-21-19-17-14-11-8-5-2/h8,11,17,19,27,30,34,37,46H,4-7,9-10,12-16,18,20-26,28-29,31-33,35-36,38-45H2,1-3H3/b11-8-,19-17-,30-27-,37-34-. The fourth-order valence-electron chi connectivity index (χ4n) is 6.40. The lowest BCUT2D eigenvalue weighted by Gasteiger charge is -2.18. The topological polar surface area (TPSA) is 78.9 Å². The van der Waals surface area contributed by atoms with E-state index in [0.717, 1.165) is 64.2 Å². The first-order chi connectivity index (χ1) is 27.0. The van der Waals surface area contributed by atoms with Gasteiger partial charge in [0.1, 0.15) is 13.2 Å². The molecule has 0 aromatic rings. The Labute approximate surface area is 339 Å². The van der Waals surface area contributed by atoms with Crippen LogP contribution in [0.3, 0.4) is 0 Å². The summed E-state index contributed by atoms with van der Waals surface area (Å²) in [5, 5.41) is 0.